The number of amides is 1. The first-order chi connectivity index (χ1) is 8.75. The molecular formula is C13H26N2O2S. The minimum absolute atomic E-state index is 0.171. The van der Waals surface area contributed by atoms with Crippen LogP contribution in [-0.2, 0) is 4.79 Å². The lowest BCUT2D eigenvalue weighted by Crippen LogP contribution is -2.53. The average Bonchev–Trinajstić information content (AvgIpc) is 2.83. The molecule has 0 bridgehead atoms. The van der Waals surface area contributed by atoms with Crippen LogP contribution in [0.2, 0.25) is 0 Å². The van der Waals surface area contributed by atoms with Crippen LogP contribution in [0.1, 0.15) is 39.0 Å². The van der Waals surface area contributed by atoms with Gasteiger partial charge >= 0.3 is 0 Å². The van der Waals surface area contributed by atoms with Gasteiger partial charge in [-0.2, -0.15) is 11.8 Å². The van der Waals surface area contributed by atoms with Crippen molar-refractivity contribution in [2.45, 2.75) is 44.6 Å². The predicted octanol–water partition coefficient (Wildman–Crippen LogP) is 1.14. The van der Waals surface area contributed by atoms with E-state index in [4.69, 9.17) is 5.11 Å². The molecule has 3 N–H and O–H groups in total. The maximum absolute atomic E-state index is 12.2. The second-order valence-electron chi connectivity index (χ2n) is 4.81. The molecule has 0 aromatic heterocycles. The van der Waals surface area contributed by atoms with Gasteiger partial charge in [-0.15, -0.1) is 0 Å². The zero-order valence-corrected chi connectivity index (χ0v) is 12.2. The number of aliphatic hydroxyl groups excluding tert-OH is 1. The van der Waals surface area contributed by atoms with Crippen LogP contribution in [0.15, 0.2) is 0 Å². The Bertz CT molecular complexity index is 243. The quantitative estimate of drug-likeness (QED) is 0.552. The zero-order valence-electron chi connectivity index (χ0n) is 11.3. The molecular weight excluding hydrogens is 248 g/mol. The molecule has 4 nitrogen and oxygen atoms in total. The largest absolute Gasteiger partial charge is 0.396 e. The lowest BCUT2D eigenvalue weighted by atomic mass is 9.91. The van der Waals surface area contributed by atoms with Gasteiger partial charge in [0.25, 0.3) is 0 Å². The Hall–Kier alpha value is -0.260. The fourth-order valence-electron chi connectivity index (χ4n) is 2.43. The summed E-state index contributed by atoms with van der Waals surface area (Å²) in [5.74, 6) is 2.06. The summed E-state index contributed by atoms with van der Waals surface area (Å²) in [6.45, 7) is 4.06. The van der Waals surface area contributed by atoms with Crippen molar-refractivity contribution >= 4 is 17.7 Å². The highest BCUT2D eigenvalue weighted by atomic mass is 32.2. The minimum Gasteiger partial charge on any atom is -0.396 e. The zero-order chi connectivity index (χ0) is 13.3. The summed E-state index contributed by atoms with van der Waals surface area (Å²) < 4.78 is 0. The summed E-state index contributed by atoms with van der Waals surface area (Å²) in [5.41, 5.74) is -0.301. The predicted molar refractivity (Wildman–Crippen MR) is 76.9 cm³/mol. The maximum atomic E-state index is 12.2. The van der Waals surface area contributed by atoms with Gasteiger partial charge in [-0.05, 0) is 38.0 Å². The van der Waals surface area contributed by atoms with E-state index in [1.54, 1.807) is 11.8 Å². The lowest BCUT2D eigenvalue weighted by Gasteiger charge is -2.27. The Labute approximate surface area is 114 Å². The number of carbonyl (C=O) groups is 1. The molecule has 0 aromatic carbocycles. The van der Waals surface area contributed by atoms with Crippen LogP contribution in [0.5, 0.6) is 0 Å². The second kappa shape index (κ2) is 8.77. The smallest absolute Gasteiger partial charge is 0.240 e. The van der Waals surface area contributed by atoms with Crippen molar-refractivity contribution in [1.82, 2.24) is 10.6 Å². The highest BCUT2D eigenvalue weighted by Gasteiger charge is 2.39. The first kappa shape index (κ1) is 15.8. The van der Waals surface area contributed by atoms with Crippen molar-refractivity contribution < 1.29 is 9.90 Å². The molecule has 18 heavy (non-hydrogen) atoms. The summed E-state index contributed by atoms with van der Waals surface area (Å²) in [4.78, 5) is 12.2. The summed E-state index contributed by atoms with van der Waals surface area (Å²) in [7, 11) is 0. The van der Waals surface area contributed by atoms with Gasteiger partial charge in [-0.25, -0.2) is 0 Å². The van der Waals surface area contributed by atoms with Crippen LogP contribution < -0.4 is 10.6 Å². The Morgan fingerprint density at radius 1 is 1.50 bits per heavy atom. The Morgan fingerprint density at radius 2 is 2.33 bits per heavy atom. The van der Waals surface area contributed by atoms with E-state index in [9.17, 15) is 4.79 Å². The van der Waals surface area contributed by atoms with Gasteiger partial charge in [-0.3, -0.25) is 4.79 Å². The minimum atomic E-state index is -0.301. The number of hydrogen-bond donors (Lipinski definition) is 3. The van der Waals surface area contributed by atoms with Gasteiger partial charge in [-0.1, -0.05) is 13.3 Å². The van der Waals surface area contributed by atoms with Crippen LogP contribution in [0.25, 0.3) is 0 Å². The molecule has 5 heteroatoms. The monoisotopic (exact) mass is 274 g/mol. The van der Waals surface area contributed by atoms with Crippen LogP contribution >= 0.6 is 11.8 Å². The van der Waals surface area contributed by atoms with E-state index in [0.717, 1.165) is 56.7 Å². The number of thioether (sulfide) groups is 1. The van der Waals surface area contributed by atoms with E-state index < -0.39 is 0 Å². The number of aliphatic hydroxyl groups is 1. The number of hydrogen-bond acceptors (Lipinski definition) is 4. The summed E-state index contributed by atoms with van der Waals surface area (Å²) >= 11 is 1.78. The van der Waals surface area contributed by atoms with Crippen molar-refractivity contribution in [3.8, 4) is 0 Å². The molecule has 1 rings (SSSR count). The topological polar surface area (TPSA) is 61.4 Å². The molecule has 0 saturated carbocycles. The standard InChI is InChI=1S/C13H26N2O2S/c1-2-5-13(6-3-7-15-13)12(17)14-8-11-18-10-4-9-16/h15-16H,2-11H2,1H3,(H,14,17). The van der Waals surface area contributed by atoms with E-state index in [0.29, 0.717) is 0 Å². The van der Waals surface area contributed by atoms with Gasteiger partial charge in [0.15, 0.2) is 0 Å². The van der Waals surface area contributed by atoms with Crippen molar-refractivity contribution in [1.29, 1.82) is 0 Å². The number of rotatable bonds is 9. The molecule has 1 heterocycles. The summed E-state index contributed by atoms with van der Waals surface area (Å²) in [6.07, 6.45) is 4.85. The molecule has 1 unspecified atom stereocenters. The van der Waals surface area contributed by atoms with Gasteiger partial charge in [0, 0.05) is 18.9 Å². The Morgan fingerprint density at radius 3 is 2.94 bits per heavy atom. The van der Waals surface area contributed by atoms with E-state index in [1.807, 2.05) is 0 Å². The van der Waals surface area contributed by atoms with E-state index >= 15 is 0 Å². The van der Waals surface area contributed by atoms with Crippen molar-refractivity contribution in [3.05, 3.63) is 0 Å². The van der Waals surface area contributed by atoms with Gasteiger partial charge in [0.2, 0.25) is 5.91 Å². The molecule has 0 aromatic rings. The third kappa shape index (κ3) is 4.78. The fraction of sp³-hybridized carbons (Fsp3) is 0.923. The van der Waals surface area contributed by atoms with Crippen LogP contribution in [-0.4, -0.2) is 47.8 Å². The number of nitrogens with one attached hydrogen (secondary N) is 2. The summed E-state index contributed by atoms with van der Waals surface area (Å²) in [6, 6.07) is 0. The van der Waals surface area contributed by atoms with Crippen LogP contribution in [0, 0.1) is 0 Å². The van der Waals surface area contributed by atoms with Crippen molar-refractivity contribution in [2.75, 3.05) is 31.2 Å². The maximum Gasteiger partial charge on any atom is 0.240 e. The number of carbonyl (C=O) groups excluding carboxylic acids is 1. The lowest BCUT2D eigenvalue weighted by molar-refractivity contribution is -0.127. The molecule has 1 saturated heterocycles. The second-order valence-corrected chi connectivity index (χ2v) is 6.03. The van der Waals surface area contributed by atoms with Crippen LogP contribution in [0.3, 0.4) is 0 Å². The average molecular weight is 274 g/mol. The molecule has 0 aliphatic carbocycles. The third-order valence-corrected chi connectivity index (χ3v) is 4.40. The normalized spacial score (nSPS) is 23.2. The molecule has 0 spiro atoms. The van der Waals surface area contributed by atoms with Gasteiger partial charge < -0.3 is 15.7 Å². The highest BCUT2D eigenvalue weighted by Crippen LogP contribution is 2.24. The van der Waals surface area contributed by atoms with E-state index in [-0.39, 0.29) is 18.1 Å². The molecule has 106 valence electrons. The SMILES string of the molecule is CCCC1(C(=O)NCCSCCCO)CCCN1. The van der Waals surface area contributed by atoms with E-state index in [1.165, 1.54) is 0 Å². The highest BCUT2D eigenvalue weighted by molar-refractivity contribution is 7.99. The van der Waals surface area contributed by atoms with Crippen molar-refractivity contribution in [2.24, 2.45) is 0 Å². The molecule has 0 radical (unpaired) electrons. The van der Waals surface area contributed by atoms with E-state index in [2.05, 4.69) is 17.6 Å². The third-order valence-electron chi connectivity index (χ3n) is 3.33. The van der Waals surface area contributed by atoms with Crippen LogP contribution in [0.4, 0.5) is 0 Å². The Kier molecular flexibility index (Phi) is 7.70. The molecule has 1 aliphatic rings. The molecule has 1 atom stereocenters. The first-order valence-electron chi connectivity index (χ1n) is 6.97. The fourth-order valence-corrected chi connectivity index (χ4v) is 3.21. The van der Waals surface area contributed by atoms with Crippen molar-refractivity contribution in [3.63, 3.8) is 0 Å². The summed E-state index contributed by atoms with van der Waals surface area (Å²) in [5, 5.41) is 15.1. The molecule has 1 fully saturated rings. The molecule has 1 aliphatic heterocycles. The van der Waals surface area contributed by atoms with Gasteiger partial charge in [0.05, 0.1) is 5.54 Å². The Balaban J connectivity index is 2.21. The molecule has 1 amide bonds. The first-order valence-corrected chi connectivity index (χ1v) is 8.12. The van der Waals surface area contributed by atoms with Gasteiger partial charge in [0.1, 0.15) is 0 Å².